The number of aromatic nitrogens is 6. The Labute approximate surface area is 162 Å². The summed E-state index contributed by atoms with van der Waals surface area (Å²) in [5, 5.41) is 18.3. The average Bonchev–Trinajstić information content (AvgIpc) is 3.37. The summed E-state index contributed by atoms with van der Waals surface area (Å²) in [6, 6.07) is 1.74. The van der Waals surface area contributed by atoms with Crippen LogP contribution in [0, 0.1) is 13.8 Å². The van der Waals surface area contributed by atoms with E-state index in [0.717, 1.165) is 29.9 Å². The van der Waals surface area contributed by atoms with Crippen LogP contribution >= 0.6 is 0 Å². The maximum Gasteiger partial charge on any atom is 0.269 e. The number of nitrogens with zero attached hydrogens (tertiary/aromatic N) is 5. The van der Waals surface area contributed by atoms with E-state index in [1.54, 1.807) is 13.2 Å². The van der Waals surface area contributed by atoms with Crippen molar-refractivity contribution in [2.24, 2.45) is 0 Å². The Balaban J connectivity index is 1.61. The van der Waals surface area contributed by atoms with Gasteiger partial charge >= 0.3 is 0 Å². The third kappa shape index (κ3) is 4.28. The van der Waals surface area contributed by atoms with Crippen LogP contribution in [-0.4, -0.2) is 49.7 Å². The lowest BCUT2D eigenvalue weighted by molar-refractivity contribution is 0.0949. The van der Waals surface area contributed by atoms with Gasteiger partial charge in [-0.15, -0.1) is 0 Å². The standard InChI is InChI=1S/C18H25N7O3/c1-5-8-25-12(3)17(11(2)23-25)13-9-14(22-21-13)18(26)19-7-6-15-20-16(10-27-4)28-24-15/h9H,5-8,10H2,1-4H3,(H,19,26)(H,21,22). The molecule has 3 aromatic rings. The van der Waals surface area contributed by atoms with Crippen LogP contribution in [0.5, 0.6) is 0 Å². The van der Waals surface area contributed by atoms with Gasteiger partial charge in [-0.05, 0) is 26.3 Å². The van der Waals surface area contributed by atoms with Crippen molar-refractivity contribution in [3.8, 4) is 11.3 Å². The van der Waals surface area contributed by atoms with Gasteiger partial charge in [0.2, 0.25) is 0 Å². The number of aromatic amines is 1. The zero-order valence-electron chi connectivity index (χ0n) is 16.6. The molecule has 0 radical (unpaired) electrons. The highest BCUT2D eigenvalue weighted by molar-refractivity contribution is 5.93. The van der Waals surface area contributed by atoms with Crippen LogP contribution in [0.15, 0.2) is 10.6 Å². The Kier molecular flexibility index (Phi) is 6.19. The predicted octanol–water partition coefficient (Wildman–Crippen LogP) is 1.80. The number of methoxy groups -OCH3 is 1. The topological polar surface area (TPSA) is 124 Å². The van der Waals surface area contributed by atoms with Crippen molar-refractivity contribution in [1.82, 2.24) is 35.4 Å². The Morgan fingerprint density at radius 3 is 2.96 bits per heavy atom. The third-order valence-corrected chi connectivity index (χ3v) is 4.31. The van der Waals surface area contributed by atoms with Gasteiger partial charge in [-0.1, -0.05) is 12.1 Å². The fourth-order valence-corrected chi connectivity index (χ4v) is 3.02. The molecule has 0 aliphatic carbocycles. The van der Waals surface area contributed by atoms with E-state index in [-0.39, 0.29) is 12.5 Å². The Hall–Kier alpha value is -3.01. The van der Waals surface area contributed by atoms with Gasteiger partial charge in [0, 0.05) is 37.9 Å². The molecule has 10 heteroatoms. The van der Waals surface area contributed by atoms with E-state index in [9.17, 15) is 4.79 Å². The molecule has 0 aliphatic rings. The number of amides is 1. The molecule has 0 saturated carbocycles. The Bertz CT molecular complexity index is 941. The lowest BCUT2D eigenvalue weighted by Crippen LogP contribution is -2.26. The first-order valence-corrected chi connectivity index (χ1v) is 9.21. The molecule has 0 unspecified atom stereocenters. The monoisotopic (exact) mass is 387 g/mol. The summed E-state index contributed by atoms with van der Waals surface area (Å²) in [6.07, 6.45) is 1.46. The van der Waals surface area contributed by atoms with Crippen LogP contribution in [0.25, 0.3) is 11.3 Å². The number of hydrogen-bond acceptors (Lipinski definition) is 7. The summed E-state index contributed by atoms with van der Waals surface area (Å²) in [6.45, 7) is 7.58. The molecular formula is C18H25N7O3. The van der Waals surface area contributed by atoms with Crippen molar-refractivity contribution < 1.29 is 14.1 Å². The van der Waals surface area contributed by atoms with Gasteiger partial charge in [-0.3, -0.25) is 14.6 Å². The van der Waals surface area contributed by atoms with Crippen molar-refractivity contribution in [2.45, 2.75) is 46.8 Å². The zero-order chi connectivity index (χ0) is 20.1. The first-order chi connectivity index (χ1) is 13.5. The number of rotatable bonds is 9. The third-order valence-electron chi connectivity index (χ3n) is 4.31. The normalized spacial score (nSPS) is 11.1. The molecule has 10 nitrogen and oxygen atoms in total. The van der Waals surface area contributed by atoms with E-state index in [1.807, 2.05) is 18.5 Å². The average molecular weight is 387 g/mol. The molecule has 28 heavy (non-hydrogen) atoms. The fourth-order valence-electron chi connectivity index (χ4n) is 3.02. The lowest BCUT2D eigenvalue weighted by atomic mass is 10.1. The minimum atomic E-state index is -0.240. The van der Waals surface area contributed by atoms with Gasteiger partial charge in [0.25, 0.3) is 11.8 Å². The van der Waals surface area contributed by atoms with E-state index in [4.69, 9.17) is 9.26 Å². The van der Waals surface area contributed by atoms with Crippen molar-refractivity contribution >= 4 is 5.91 Å². The molecule has 0 bridgehead atoms. The summed E-state index contributed by atoms with van der Waals surface area (Å²) >= 11 is 0. The van der Waals surface area contributed by atoms with Gasteiger partial charge < -0.3 is 14.6 Å². The van der Waals surface area contributed by atoms with Crippen LogP contribution in [0.4, 0.5) is 0 Å². The Morgan fingerprint density at radius 1 is 1.39 bits per heavy atom. The second-order valence-electron chi connectivity index (χ2n) is 6.48. The molecule has 0 spiro atoms. The molecule has 2 N–H and O–H groups in total. The number of ether oxygens (including phenoxy) is 1. The molecule has 0 atom stereocenters. The van der Waals surface area contributed by atoms with Crippen LogP contribution in [0.1, 0.15) is 46.9 Å². The number of carbonyl (C=O) groups is 1. The quantitative estimate of drug-likeness (QED) is 0.574. The minimum absolute atomic E-state index is 0.240. The van der Waals surface area contributed by atoms with Crippen molar-refractivity contribution in [2.75, 3.05) is 13.7 Å². The SMILES string of the molecule is CCCn1nc(C)c(-c2cc(C(=O)NCCc3noc(COC)n3)[nH]n2)c1C. The summed E-state index contributed by atoms with van der Waals surface area (Å²) in [5.74, 6) is 0.694. The summed E-state index contributed by atoms with van der Waals surface area (Å²) in [5.41, 5.74) is 4.01. The zero-order valence-corrected chi connectivity index (χ0v) is 16.6. The van der Waals surface area contributed by atoms with Gasteiger partial charge in [0.15, 0.2) is 5.82 Å². The first-order valence-electron chi connectivity index (χ1n) is 9.21. The number of hydrogen-bond donors (Lipinski definition) is 2. The number of carbonyl (C=O) groups excluding carboxylic acids is 1. The lowest BCUT2D eigenvalue weighted by Gasteiger charge is -2.01. The molecule has 3 aromatic heterocycles. The molecule has 0 aromatic carbocycles. The fraction of sp³-hybridized carbons (Fsp3) is 0.500. The summed E-state index contributed by atoms with van der Waals surface area (Å²) in [4.78, 5) is 16.5. The van der Waals surface area contributed by atoms with Gasteiger partial charge in [0.05, 0.1) is 11.4 Å². The van der Waals surface area contributed by atoms with Crippen LogP contribution in [-0.2, 0) is 24.3 Å². The van der Waals surface area contributed by atoms with E-state index in [2.05, 4.69) is 37.7 Å². The molecule has 0 saturated heterocycles. The highest BCUT2D eigenvalue weighted by Gasteiger charge is 2.18. The molecule has 150 valence electrons. The number of H-pyrrole nitrogens is 1. The predicted molar refractivity (Wildman–Crippen MR) is 101 cm³/mol. The Morgan fingerprint density at radius 2 is 2.21 bits per heavy atom. The van der Waals surface area contributed by atoms with Crippen LogP contribution in [0.3, 0.4) is 0 Å². The maximum atomic E-state index is 12.4. The van der Waals surface area contributed by atoms with Crippen LogP contribution in [0.2, 0.25) is 0 Å². The van der Waals surface area contributed by atoms with E-state index in [1.165, 1.54) is 0 Å². The van der Waals surface area contributed by atoms with Gasteiger partial charge in [0.1, 0.15) is 12.3 Å². The van der Waals surface area contributed by atoms with Gasteiger partial charge in [-0.2, -0.15) is 15.2 Å². The van der Waals surface area contributed by atoms with E-state index < -0.39 is 0 Å². The van der Waals surface area contributed by atoms with Crippen molar-refractivity contribution in [1.29, 1.82) is 0 Å². The molecular weight excluding hydrogens is 362 g/mol. The maximum absolute atomic E-state index is 12.4. The van der Waals surface area contributed by atoms with Crippen LogP contribution < -0.4 is 5.32 Å². The highest BCUT2D eigenvalue weighted by atomic mass is 16.5. The molecule has 3 heterocycles. The minimum Gasteiger partial charge on any atom is -0.375 e. The molecule has 3 rings (SSSR count). The van der Waals surface area contributed by atoms with Crippen molar-refractivity contribution in [3.05, 3.63) is 34.9 Å². The van der Waals surface area contributed by atoms with Gasteiger partial charge in [-0.25, -0.2) is 0 Å². The second kappa shape index (κ2) is 8.79. The largest absolute Gasteiger partial charge is 0.375 e. The number of nitrogens with one attached hydrogen (secondary N) is 2. The summed E-state index contributed by atoms with van der Waals surface area (Å²) in [7, 11) is 1.56. The molecule has 1 amide bonds. The molecule has 0 fully saturated rings. The summed E-state index contributed by atoms with van der Waals surface area (Å²) < 4.78 is 11.9. The van der Waals surface area contributed by atoms with E-state index in [0.29, 0.717) is 36.1 Å². The van der Waals surface area contributed by atoms with Crippen molar-refractivity contribution in [3.63, 3.8) is 0 Å². The second-order valence-corrected chi connectivity index (χ2v) is 6.48. The molecule has 0 aliphatic heterocycles. The first kappa shape index (κ1) is 19.7. The number of aryl methyl sites for hydroxylation is 2. The van der Waals surface area contributed by atoms with E-state index >= 15 is 0 Å². The smallest absolute Gasteiger partial charge is 0.269 e. The highest BCUT2D eigenvalue weighted by Crippen LogP contribution is 2.25.